The number of amides is 1. The highest BCUT2D eigenvalue weighted by atomic mass is 16.5. The van der Waals surface area contributed by atoms with E-state index in [1.807, 2.05) is 18.2 Å². The number of hydrogen-bond donors (Lipinski definition) is 3. The SMILES string of the molecule is O=C(CCCc1ccc2[nH]c(=O)[nH]c2c1)NCC[C@H]1CCCO1. The molecule has 1 amide bonds. The van der Waals surface area contributed by atoms with E-state index >= 15 is 0 Å². The summed E-state index contributed by atoms with van der Waals surface area (Å²) in [7, 11) is 0. The molecule has 6 nitrogen and oxygen atoms in total. The third-order valence-corrected chi connectivity index (χ3v) is 4.26. The number of ether oxygens (including phenoxy) is 1. The van der Waals surface area contributed by atoms with Crippen LogP contribution in [0.5, 0.6) is 0 Å². The number of benzene rings is 1. The molecule has 23 heavy (non-hydrogen) atoms. The van der Waals surface area contributed by atoms with Gasteiger partial charge in [-0.05, 0) is 49.8 Å². The summed E-state index contributed by atoms with van der Waals surface area (Å²) < 4.78 is 5.53. The summed E-state index contributed by atoms with van der Waals surface area (Å²) in [6.45, 7) is 1.55. The molecule has 0 spiro atoms. The van der Waals surface area contributed by atoms with Crippen molar-refractivity contribution in [3.05, 3.63) is 34.2 Å². The molecule has 1 aliphatic rings. The molecule has 1 atom stereocenters. The maximum absolute atomic E-state index is 11.8. The Morgan fingerprint density at radius 1 is 1.30 bits per heavy atom. The van der Waals surface area contributed by atoms with E-state index in [-0.39, 0.29) is 11.6 Å². The van der Waals surface area contributed by atoms with E-state index in [0.717, 1.165) is 55.3 Å². The number of hydrogen-bond acceptors (Lipinski definition) is 3. The van der Waals surface area contributed by atoms with Gasteiger partial charge in [-0.1, -0.05) is 6.07 Å². The quantitative estimate of drug-likeness (QED) is 0.728. The van der Waals surface area contributed by atoms with Crippen molar-refractivity contribution in [3.63, 3.8) is 0 Å². The van der Waals surface area contributed by atoms with Crippen LogP contribution in [0.25, 0.3) is 11.0 Å². The van der Waals surface area contributed by atoms with Gasteiger partial charge in [0, 0.05) is 19.6 Å². The summed E-state index contributed by atoms with van der Waals surface area (Å²) in [5, 5.41) is 2.96. The number of H-pyrrole nitrogens is 2. The minimum Gasteiger partial charge on any atom is -0.378 e. The number of nitrogens with one attached hydrogen (secondary N) is 3. The number of rotatable bonds is 7. The van der Waals surface area contributed by atoms with Crippen molar-refractivity contribution in [2.45, 2.75) is 44.6 Å². The predicted molar refractivity (Wildman–Crippen MR) is 88.5 cm³/mol. The molecule has 1 fully saturated rings. The van der Waals surface area contributed by atoms with Crippen LogP contribution in [-0.2, 0) is 16.0 Å². The van der Waals surface area contributed by atoms with E-state index in [4.69, 9.17) is 4.74 Å². The third-order valence-electron chi connectivity index (χ3n) is 4.26. The zero-order valence-electron chi connectivity index (χ0n) is 13.2. The van der Waals surface area contributed by atoms with Crippen LogP contribution in [0.2, 0.25) is 0 Å². The monoisotopic (exact) mass is 317 g/mol. The summed E-state index contributed by atoms with van der Waals surface area (Å²) in [4.78, 5) is 28.5. The van der Waals surface area contributed by atoms with Crippen molar-refractivity contribution in [1.29, 1.82) is 0 Å². The molecule has 2 aromatic rings. The Balaban J connectivity index is 1.37. The Morgan fingerprint density at radius 3 is 3.00 bits per heavy atom. The number of aromatic amines is 2. The van der Waals surface area contributed by atoms with Gasteiger partial charge in [0.1, 0.15) is 0 Å². The average molecular weight is 317 g/mol. The van der Waals surface area contributed by atoms with E-state index < -0.39 is 0 Å². The van der Waals surface area contributed by atoms with Gasteiger partial charge in [-0.2, -0.15) is 0 Å². The predicted octanol–water partition coefficient (Wildman–Crippen LogP) is 1.86. The molecular formula is C17H23N3O3. The zero-order chi connectivity index (χ0) is 16.1. The Morgan fingerprint density at radius 2 is 2.17 bits per heavy atom. The fourth-order valence-electron chi connectivity index (χ4n) is 3.02. The van der Waals surface area contributed by atoms with Crippen molar-refractivity contribution in [1.82, 2.24) is 15.3 Å². The second-order valence-electron chi connectivity index (χ2n) is 6.09. The number of carbonyl (C=O) groups excluding carboxylic acids is 1. The van der Waals surface area contributed by atoms with Crippen molar-refractivity contribution in [2.24, 2.45) is 0 Å². The van der Waals surface area contributed by atoms with Crippen LogP contribution in [0.15, 0.2) is 23.0 Å². The lowest BCUT2D eigenvalue weighted by molar-refractivity contribution is -0.121. The molecule has 0 aliphatic carbocycles. The van der Waals surface area contributed by atoms with Gasteiger partial charge in [0.15, 0.2) is 0 Å². The summed E-state index contributed by atoms with van der Waals surface area (Å²) in [6, 6.07) is 5.84. The van der Waals surface area contributed by atoms with Crippen LogP contribution < -0.4 is 11.0 Å². The number of imidazole rings is 1. The minimum atomic E-state index is -0.192. The summed E-state index contributed by atoms with van der Waals surface area (Å²) in [6.07, 6.45) is 5.62. The molecule has 0 bridgehead atoms. The molecule has 1 aromatic carbocycles. The van der Waals surface area contributed by atoms with Gasteiger partial charge >= 0.3 is 5.69 Å². The van der Waals surface area contributed by atoms with E-state index in [1.165, 1.54) is 0 Å². The fourth-order valence-corrected chi connectivity index (χ4v) is 3.02. The number of carbonyl (C=O) groups is 1. The molecule has 3 N–H and O–H groups in total. The van der Waals surface area contributed by atoms with Gasteiger partial charge in [0.05, 0.1) is 17.1 Å². The second kappa shape index (κ2) is 7.46. The first-order chi connectivity index (χ1) is 11.2. The standard InChI is InChI=1S/C17H23N3O3/c21-16(18-9-8-13-4-2-10-23-13)5-1-3-12-6-7-14-15(11-12)20-17(22)19-14/h6-7,11,13H,1-5,8-10H2,(H,18,21)(H2,19,20,22)/t13-/m1/s1. The zero-order valence-corrected chi connectivity index (χ0v) is 13.2. The number of fused-ring (bicyclic) bond motifs is 1. The van der Waals surface area contributed by atoms with Gasteiger partial charge in [0.25, 0.3) is 0 Å². The molecule has 3 rings (SSSR count). The Bertz CT molecular complexity index is 713. The lowest BCUT2D eigenvalue weighted by atomic mass is 10.1. The third kappa shape index (κ3) is 4.45. The van der Waals surface area contributed by atoms with Crippen LogP contribution in [0.3, 0.4) is 0 Å². The Labute approximate surface area is 134 Å². The van der Waals surface area contributed by atoms with Crippen molar-refractivity contribution < 1.29 is 9.53 Å². The van der Waals surface area contributed by atoms with Gasteiger partial charge in [-0.25, -0.2) is 4.79 Å². The molecule has 0 saturated carbocycles. The maximum Gasteiger partial charge on any atom is 0.323 e. The normalized spacial score (nSPS) is 17.7. The molecule has 6 heteroatoms. The van der Waals surface area contributed by atoms with Crippen molar-refractivity contribution in [3.8, 4) is 0 Å². The smallest absolute Gasteiger partial charge is 0.323 e. The van der Waals surface area contributed by atoms with E-state index in [2.05, 4.69) is 15.3 Å². The molecule has 0 unspecified atom stereocenters. The average Bonchev–Trinajstić information content (AvgIpc) is 3.15. The first-order valence-corrected chi connectivity index (χ1v) is 8.30. The molecule has 2 heterocycles. The van der Waals surface area contributed by atoms with Crippen LogP contribution in [0, 0.1) is 0 Å². The number of aromatic nitrogens is 2. The first kappa shape index (κ1) is 15.8. The van der Waals surface area contributed by atoms with Gasteiger partial charge in [0.2, 0.25) is 5.91 Å². The molecule has 0 radical (unpaired) electrons. The highest BCUT2D eigenvalue weighted by molar-refractivity contribution is 5.76. The Hall–Kier alpha value is -2.08. The highest BCUT2D eigenvalue weighted by Crippen LogP contribution is 2.14. The van der Waals surface area contributed by atoms with Crippen LogP contribution in [0.4, 0.5) is 0 Å². The van der Waals surface area contributed by atoms with Gasteiger partial charge in [-0.15, -0.1) is 0 Å². The minimum absolute atomic E-state index is 0.0964. The molecule has 124 valence electrons. The van der Waals surface area contributed by atoms with Gasteiger partial charge < -0.3 is 20.0 Å². The second-order valence-corrected chi connectivity index (χ2v) is 6.09. The van der Waals surface area contributed by atoms with Gasteiger partial charge in [-0.3, -0.25) is 4.79 Å². The lowest BCUT2D eigenvalue weighted by Crippen LogP contribution is -2.26. The van der Waals surface area contributed by atoms with E-state index in [9.17, 15) is 9.59 Å². The molecular weight excluding hydrogens is 294 g/mol. The van der Waals surface area contributed by atoms with Crippen molar-refractivity contribution in [2.75, 3.05) is 13.2 Å². The maximum atomic E-state index is 11.8. The highest BCUT2D eigenvalue weighted by Gasteiger charge is 2.15. The van der Waals surface area contributed by atoms with Crippen LogP contribution in [-0.4, -0.2) is 35.1 Å². The summed E-state index contributed by atoms with van der Waals surface area (Å²) >= 11 is 0. The topological polar surface area (TPSA) is 87.0 Å². The van der Waals surface area contributed by atoms with E-state index in [1.54, 1.807) is 0 Å². The fraction of sp³-hybridized carbons (Fsp3) is 0.529. The van der Waals surface area contributed by atoms with E-state index in [0.29, 0.717) is 19.1 Å². The Kier molecular flexibility index (Phi) is 5.12. The molecule has 1 aromatic heterocycles. The van der Waals surface area contributed by atoms with Crippen LogP contribution in [0.1, 0.15) is 37.7 Å². The summed E-state index contributed by atoms with van der Waals surface area (Å²) in [5.74, 6) is 0.0964. The van der Waals surface area contributed by atoms with Crippen molar-refractivity contribution >= 4 is 16.9 Å². The largest absolute Gasteiger partial charge is 0.378 e. The first-order valence-electron chi connectivity index (χ1n) is 8.30. The number of aryl methyl sites for hydroxylation is 1. The summed E-state index contributed by atoms with van der Waals surface area (Å²) in [5.41, 5.74) is 2.56. The molecule has 1 saturated heterocycles. The van der Waals surface area contributed by atoms with Crippen LogP contribution >= 0.6 is 0 Å². The molecule has 1 aliphatic heterocycles. The lowest BCUT2D eigenvalue weighted by Gasteiger charge is -2.10.